The fraction of sp³-hybridized carbons (Fsp3) is 0.636. The Balaban J connectivity index is 1.61. The largest absolute Gasteiger partial charge is 0.471 e. The van der Waals surface area contributed by atoms with Gasteiger partial charge in [-0.15, -0.1) is 0 Å². The predicted octanol–water partition coefficient (Wildman–Crippen LogP) is 4.58. The number of piperidine rings is 1. The van der Waals surface area contributed by atoms with Crippen LogP contribution in [0, 0.1) is 5.92 Å². The molecule has 2 atom stereocenters. The van der Waals surface area contributed by atoms with Gasteiger partial charge in [0.05, 0.1) is 0 Å². The van der Waals surface area contributed by atoms with Gasteiger partial charge in [-0.2, -0.15) is 13.2 Å². The van der Waals surface area contributed by atoms with Crippen LogP contribution < -0.4 is 0 Å². The van der Waals surface area contributed by atoms with Gasteiger partial charge in [-0.3, -0.25) is 4.79 Å². The number of rotatable bonds is 4. The molecular weight excluding hydrogens is 397 g/mol. The molecule has 3 rings (SSSR count). The Kier molecular flexibility index (Phi) is 6.34. The topological polar surface area (TPSA) is 49.9 Å². The van der Waals surface area contributed by atoms with E-state index in [0.717, 1.165) is 10.5 Å². The first kappa shape index (κ1) is 22.4. The molecule has 1 saturated heterocycles. The molecule has 2 amide bonds. The molecule has 1 saturated carbocycles. The van der Waals surface area contributed by atoms with Crippen molar-refractivity contribution in [3.63, 3.8) is 0 Å². The summed E-state index contributed by atoms with van der Waals surface area (Å²) in [5, 5.41) is 0. The van der Waals surface area contributed by atoms with Crippen LogP contribution in [0.4, 0.5) is 18.0 Å². The summed E-state index contributed by atoms with van der Waals surface area (Å²) >= 11 is 0. The summed E-state index contributed by atoms with van der Waals surface area (Å²) in [6.07, 6.45) is -3.66. The average molecular weight is 426 g/mol. The van der Waals surface area contributed by atoms with E-state index in [1.165, 1.54) is 0 Å². The van der Waals surface area contributed by atoms with E-state index >= 15 is 0 Å². The second-order valence-electron chi connectivity index (χ2n) is 9.19. The zero-order chi connectivity index (χ0) is 22.1. The Hall–Kier alpha value is -2.25. The SMILES string of the molecule is CC(C)(C)OC(=O)N1CCC(CN(C(=O)C(F)(F)F)[C@@H]2C[C@H]2c2ccccc2)CC1. The lowest BCUT2D eigenvalue weighted by molar-refractivity contribution is -0.187. The van der Waals surface area contributed by atoms with Gasteiger partial charge in [0.25, 0.3) is 0 Å². The average Bonchev–Trinajstić information content (AvgIpc) is 3.45. The van der Waals surface area contributed by atoms with Gasteiger partial charge in [0, 0.05) is 31.6 Å². The molecule has 1 aliphatic heterocycles. The van der Waals surface area contributed by atoms with Gasteiger partial charge in [0.2, 0.25) is 0 Å². The van der Waals surface area contributed by atoms with E-state index in [1.54, 1.807) is 25.7 Å². The zero-order valence-electron chi connectivity index (χ0n) is 17.6. The van der Waals surface area contributed by atoms with E-state index in [4.69, 9.17) is 4.74 Å². The maximum Gasteiger partial charge on any atom is 0.471 e. The predicted molar refractivity (Wildman–Crippen MR) is 106 cm³/mol. The normalized spacial score (nSPS) is 22.5. The lowest BCUT2D eigenvalue weighted by Crippen LogP contribution is -2.48. The zero-order valence-corrected chi connectivity index (χ0v) is 17.6. The summed E-state index contributed by atoms with van der Waals surface area (Å²) in [7, 11) is 0. The molecule has 0 spiro atoms. The third-order valence-corrected chi connectivity index (χ3v) is 5.61. The molecule has 5 nitrogen and oxygen atoms in total. The number of benzene rings is 1. The van der Waals surface area contributed by atoms with E-state index in [9.17, 15) is 22.8 Å². The maximum atomic E-state index is 13.2. The van der Waals surface area contributed by atoms with Crippen LogP contribution >= 0.6 is 0 Å². The van der Waals surface area contributed by atoms with Gasteiger partial charge >= 0.3 is 18.2 Å². The van der Waals surface area contributed by atoms with Gasteiger partial charge in [-0.25, -0.2) is 4.79 Å². The number of hydrogen-bond acceptors (Lipinski definition) is 3. The number of halogens is 3. The summed E-state index contributed by atoms with van der Waals surface area (Å²) in [6, 6.07) is 8.92. The van der Waals surface area contributed by atoms with Crippen molar-refractivity contribution < 1.29 is 27.5 Å². The fourth-order valence-corrected chi connectivity index (χ4v) is 4.02. The van der Waals surface area contributed by atoms with E-state index < -0.39 is 29.8 Å². The van der Waals surface area contributed by atoms with Gasteiger partial charge in [0.1, 0.15) is 5.60 Å². The highest BCUT2D eigenvalue weighted by Gasteiger charge is 2.52. The molecular formula is C22H29F3N2O3. The summed E-state index contributed by atoms with van der Waals surface area (Å²) < 4.78 is 45.1. The number of hydrogen-bond donors (Lipinski definition) is 0. The molecule has 0 radical (unpaired) electrons. The minimum absolute atomic E-state index is 0.0562. The third kappa shape index (κ3) is 5.67. The third-order valence-electron chi connectivity index (χ3n) is 5.61. The molecule has 30 heavy (non-hydrogen) atoms. The van der Waals surface area contributed by atoms with Gasteiger partial charge in [0.15, 0.2) is 0 Å². The van der Waals surface area contributed by atoms with Crippen LogP contribution in [0.1, 0.15) is 51.5 Å². The lowest BCUT2D eigenvalue weighted by Gasteiger charge is -2.36. The number of amides is 2. The minimum Gasteiger partial charge on any atom is -0.444 e. The molecule has 0 bridgehead atoms. The molecule has 1 heterocycles. The maximum absolute atomic E-state index is 13.2. The van der Waals surface area contributed by atoms with Crippen molar-refractivity contribution in [3.05, 3.63) is 35.9 Å². The van der Waals surface area contributed by atoms with Crippen molar-refractivity contribution >= 4 is 12.0 Å². The van der Waals surface area contributed by atoms with Crippen LogP contribution in [-0.4, -0.2) is 59.3 Å². The molecule has 1 aliphatic carbocycles. The van der Waals surface area contributed by atoms with E-state index in [2.05, 4.69) is 0 Å². The lowest BCUT2D eigenvalue weighted by atomic mass is 9.96. The van der Waals surface area contributed by atoms with Crippen LogP contribution in [0.3, 0.4) is 0 Å². The molecule has 0 N–H and O–H groups in total. The Morgan fingerprint density at radius 2 is 1.70 bits per heavy atom. The van der Waals surface area contributed by atoms with Crippen LogP contribution in [0.25, 0.3) is 0 Å². The second kappa shape index (κ2) is 8.47. The Bertz CT molecular complexity index is 753. The Morgan fingerprint density at radius 1 is 1.10 bits per heavy atom. The van der Waals surface area contributed by atoms with Gasteiger partial charge < -0.3 is 14.5 Å². The first-order valence-electron chi connectivity index (χ1n) is 10.4. The summed E-state index contributed by atoms with van der Waals surface area (Å²) in [5.74, 6) is -1.90. The van der Waals surface area contributed by atoms with Crippen LogP contribution in [-0.2, 0) is 9.53 Å². The molecule has 2 fully saturated rings. The van der Waals surface area contributed by atoms with Crippen molar-refractivity contribution in [1.29, 1.82) is 0 Å². The van der Waals surface area contributed by atoms with Crippen molar-refractivity contribution in [1.82, 2.24) is 9.80 Å². The highest BCUT2D eigenvalue weighted by molar-refractivity contribution is 5.82. The smallest absolute Gasteiger partial charge is 0.444 e. The van der Waals surface area contributed by atoms with Crippen molar-refractivity contribution in [2.24, 2.45) is 5.92 Å². The highest BCUT2D eigenvalue weighted by atomic mass is 19.4. The summed E-state index contributed by atoms with van der Waals surface area (Å²) in [4.78, 5) is 26.9. The number of carbonyl (C=O) groups is 2. The van der Waals surface area contributed by atoms with Crippen molar-refractivity contribution in [2.45, 2.75) is 63.8 Å². The second-order valence-corrected chi connectivity index (χ2v) is 9.19. The van der Waals surface area contributed by atoms with Crippen LogP contribution in [0.2, 0.25) is 0 Å². The van der Waals surface area contributed by atoms with Gasteiger partial charge in [-0.05, 0) is 51.5 Å². The molecule has 0 unspecified atom stereocenters. The molecule has 8 heteroatoms. The molecule has 1 aromatic carbocycles. The van der Waals surface area contributed by atoms with Gasteiger partial charge in [-0.1, -0.05) is 30.3 Å². The molecule has 1 aromatic rings. The fourth-order valence-electron chi connectivity index (χ4n) is 4.02. The van der Waals surface area contributed by atoms with E-state index in [1.807, 2.05) is 30.3 Å². The summed E-state index contributed by atoms with van der Waals surface area (Å²) in [5.41, 5.74) is 0.365. The monoisotopic (exact) mass is 426 g/mol. The number of alkyl halides is 3. The highest BCUT2D eigenvalue weighted by Crippen LogP contribution is 2.46. The van der Waals surface area contributed by atoms with Crippen molar-refractivity contribution in [2.75, 3.05) is 19.6 Å². The number of likely N-dealkylation sites (tertiary alicyclic amines) is 1. The number of nitrogens with zero attached hydrogens (tertiary/aromatic N) is 2. The standard InChI is InChI=1S/C22H29F3N2O3/c1-21(2,3)30-20(29)26-11-9-15(10-12-26)14-27(19(28)22(23,24)25)18-13-17(18)16-7-5-4-6-8-16/h4-8,15,17-18H,9-14H2,1-3H3/t17-,18+/m0/s1. The first-order valence-corrected chi connectivity index (χ1v) is 10.4. The molecule has 2 aliphatic rings. The van der Waals surface area contributed by atoms with Crippen molar-refractivity contribution in [3.8, 4) is 0 Å². The first-order chi connectivity index (χ1) is 14.0. The number of ether oxygens (including phenoxy) is 1. The molecule has 0 aromatic heterocycles. The van der Waals surface area contributed by atoms with E-state index in [0.29, 0.717) is 32.4 Å². The van der Waals surface area contributed by atoms with Crippen LogP contribution in [0.5, 0.6) is 0 Å². The Morgan fingerprint density at radius 3 is 2.23 bits per heavy atom. The molecule has 166 valence electrons. The van der Waals surface area contributed by atoms with E-state index in [-0.39, 0.29) is 18.4 Å². The van der Waals surface area contributed by atoms with Crippen LogP contribution in [0.15, 0.2) is 30.3 Å². The Labute approximate surface area is 175 Å². The minimum atomic E-state index is -4.89. The quantitative estimate of drug-likeness (QED) is 0.708. The number of carbonyl (C=O) groups excluding carboxylic acids is 2. The summed E-state index contributed by atoms with van der Waals surface area (Å²) in [6.45, 7) is 6.26.